The Kier molecular flexibility index (Phi) is 6.32. The molecule has 13 aromatic rings. The van der Waals surface area contributed by atoms with Crippen LogP contribution in [0.4, 0.5) is 0 Å². The van der Waals surface area contributed by atoms with Gasteiger partial charge in [0.1, 0.15) is 22.3 Å². The number of benzene rings is 8. The van der Waals surface area contributed by atoms with Crippen LogP contribution in [0.5, 0.6) is 0 Å². The Hall–Kier alpha value is -8.03. The SMILES string of the molecule is c1ccc2c(c1)oc1c(-c3nc(-c4ccc5oc6cc(-n7c8ccccc8c8ccccc87)ccc6c5c4)nc(-n4c5ccccc5c5ccccc54)n3)cccc12. The fraction of sp³-hybridized carbons (Fsp3) is 0. The van der Waals surface area contributed by atoms with Gasteiger partial charge in [0, 0.05) is 60.4 Å². The van der Waals surface area contributed by atoms with Gasteiger partial charge in [-0.3, -0.25) is 4.57 Å². The van der Waals surface area contributed by atoms with E-state index < -0.39 is 0 Å². The van der Waals surface area contributed by atoms with Gasteiger partial charge in [-0.05, 0) is 66.7 Å². The number of aromatic nitrogens is 5. The third kappa shape index (κ3) is 4.41. The number of hydrogen-bond acceptors (Lipinski definition) is 5. The van der Waals surface area contributed by atoms with Crippen LogP contribution < -0.4 is 0 Å². The van der Waals surface area contributed by atoms with Gasteiger partial charge >= 0.3 is 0 Å². The molecule has 8 aromatic carbocycles. The molecule has 0 unspecified atom stereocenters. The van der Waals surface area contributed by atoms with Gasteiger partial charge in [-0.15, -0.1) is 0 Å². The summed E-state index contributed by atoms with van der Waals surface area (Å²) in [5, 5.41) is 8.78. The Bertz CT molecular complexity index is 3720. The van der Waals surface area contributed by atoms with E-state index in [1.807, 2.05) is 42.5 Å². The molecule has 0 radical (unpaired) electrons. The molecular weight excluding hydrogens is 715 g/mol. The van der Waals surface area contributed by atoms with E-state index in [9.17, 15) is 0 Å². The molecular formula is C51H29N5O2. The summed E-state index contributed by atoms with van der Waals surface area (Å²) in [5.41, 5.74) is 10.2. The van der Waals surface area contributed by atoms with Crippen molar-refractivity contribution in [3.8, 4) is 34.4 Å². The maximum atomic E-state index is 6.57. The molecule has 0 aliphatic rings. The van der Waals surface area contributed by atoms with E-state index in [2.05, 4.69) is 143 Å². The van der Waals surface area contributed by atoms with Crippen LogP contribution in [-0.2, 0) is 0 Å². The van der Waals surface area contributed by atoms with Gasteiger partial charge in [-0.2, -0.15) is 9.97 Å². The zero-order valence-corrected chi connectivity index (χ0v) is 30.8. The third-order valence-corrected chi connectivity index (χ3v) is 11.6. The summed E-state index contributed by atoms with van der Waals surface area (Å²) < 4.78 is 17.5. The zero-order valence-electron chi connectivity index (χ0n) is 30.8. The molecule has 0 aliphatic carbocycles. The minimum absolute atomic E-state index is 0.526. The van der Waals surface area contributed by atoms with E-state index in [0.29, 0.717) is 17.6 Å². The van der Waals surface area contributed by atoms with E-state index in [0.717, 1.165) is 93.5 Å². The van der Waals surface area contributed by atoms with Crippen molar-refractivity contribution in [2.45, 2.75) is 0 Å². The van der Waals surface area contributed by atoms with E-state index in [1.54, 1.807) is 0 Å². The highest BCUT2D eigenvalue weighted by atomic mass is 16.3. The molecule has 0 aliphatic heterocycles. The van der Waals surface area contributed by atoms with Crippen LogP contribution in [0.3, 0.4) is 0 Å². The van der Waals surface area contributed by atoms with Gasteiger partial charge in [0.15, 0.2) is 11.6 Å². The highest BCUT2D eigenvalue weighted by molar-refractivity contribution is 6.12. The summed E-state index contributed by atoms with van der Waals surface area (Å²) >= 11 is 0. The van der Waals surface area contributed by atoms with Crippen molar-refractivity contribution < 1.29 is 8.83 Å². The summed E-state index contributed by atoms with van der Waals surface area (Å²) in [6.45, 7) is 0. The lowest BCUT2D eigenvalue weighted by Crippen LogP contribution is -2.06. The second-order valence-corrected chi connectivity index (χ2v) is 14.8. The van der Waals surface area contributed by atoms with Gasteiger partial charge < -0.3 is 13.4 Å². The summed E-state index contributed by atoms with van der Waals surface area (Å²) in [5.74, 6) is 1.60. The molecule has 0 N–H and O–H groups in total. The maximum absolute atomic E-state index is 6.57. The van der Waals surface area contributed by atoms with Crippen molar-refractivity contribution in [3.63, 3.8) is 0 Å². The molecule has 0 atom stereocenters. The lowest BCUT2D eigenvalue weighted by Gasteiger charge is -2.11. The lowest BCUT2D eigenvalue weighted by molar-refractivity contribution is 0.668. The molecule has 0 amide bonds. The molecule has 0 fully saturated rings. The second-order valence-electron chi connectivity index (χ2n) is 14.8. The van der Waals surface area contributed by atoms with Gasteiger partial charge in [0.2, 0.25) is 5.95 Å². The fourth-order valence-corrected chi connectivity index (χ4v) is 9.02. The molecule has 58 heavy (non-hydrogen) atoms. The highest BCUT2D eigenvalue weighted by Crippen LogP contribution is 2.39. The average Bonchev–Trinajstić information content (AvgIpc) is 4.03. The highest BCUT2D eigenvalue weighted by Gasteiger charge is 2.21. The number of nitrogens with zero attached hydrogens (tertiary/aromatic N) is 5. The van der Waals surface area contributed by atoms with Gasteiger partial charge in [0.05, 0.1) is 27.6 Å². The Morgan fingerprint density at radius 3 is 1.59 bits per heavy atom. The van der Waals surface area contributed by atoms with Crippen LogP contribution in [-0.4, -0.2) is 24.1 Å². The molecule has 13 rings (SSSR count). The number of furan rings is 2. The minimum Gasteiger partial charge on any atom is -0.456 e. The molecule has 5 heterocycles. The van der Waals surface area contributed by atoms with Gasteiger partial charge in [0.25, 0.3) is 0 Å². The molecule has 0 saturated carbocycles. The van der Waals surface area contributed by atoms with Crippen molar-refractivity contribution in [1.29, 1.82) is 0 Å². The Morgan fingerprint density at radius 2 is 0.897 bits per heavy atom. The predicted molar refractivity (Wildman–Crippen MR) is 234 cm³/mol. The monoisotopic (exact) mass is 743 g/mol. The lowest BCUT2D eigenvalue weighted by atomic mass is 10.1. The minimum atomic E-state index is 0.526. The molecule has 0 bridgehead atoms. The molecule has 5 aromatic heterocycles. The first-order chi connectivity index (χ1) is 28.7. The molecule has 0 spiro atoms. The largest absolute Gasteiger partial charge is 0.456 e. The first kappa shape index (κ1) is 31.2. The smallest absolute Gasteiger partial charge is 0.238 e. The predicted octanol–water partition coefficient (Wildman–Crippen LogP) is 13.2. The van der Waals surface area contributed by atoms with Crippen LogP contribution in [0, 0.1) is 0 Å². The van der Waals surface area contributed by atoms with Crippen molar-refractivity contribution >= 4 is 87.5 Å². The number of para-hydroxylation sites is 6. The Morgan fingerprint density at radius 1 is 0.345 bits per heavy atom. The quantitative estimate of drug-likeness (QED) is 0.179. The van der Waals surface area contributed by atoms with Gasteiger partial charge in [-0.1, -0.05) is 103 Å². The number of hydrogen-bond donors (Lipinski definition) is 0. The second kappa shape index (κ2) is 11.7. The van der Waals surface area contributed by atoms with Crippen LogP contribution in [0.25, 0.3) is 122 Å². The molecule has 7 nitrogen and oxygen atoms in total. The third-order valence-electron chi connectivity index (χ3n) is 11.6. The Balaban J connectivity index is 1.03. The normalized spacial score (nSPS) is 12.1. The standard InChI is InChI=1S/C51H29N5O2/c1-6-19-41-32(12-1)33-13-2-7-20-42(33)55(41)31-25-26-37-40-28-30(24-27-46(40)57-47(37)29-31)49-52-50(39-18-11-17-38-36-16-5-10-23-45(36)58-48(38)39)54-51(53-49)56-43-21-8-3-14-34(43)35-15-4-9-22-44(35)56/h1-29H. The number of rotatable bonds is 4. The van der Waals surface area contributed by atoms with Crippen LogP contribution in [0.1, 0.15) is 0 Å². The molecule has 0 saturated heterocycles. The summed E-state index contributed by atoms with van der Waals surface area (Å²) in [6, 6.07) is 60.8. The topological polar surface area (TPSA) is 74.8 Å². The van der Waals surface area contributed by atoms with Crippen molar-refractivity contribution in [2.24, 2.45) is 0 Å². The summed E-state index contributed by atoms with van der Waals surface area (Å²) in [4.78, 5) is 15.7. The van der Waals surface area contributed by atoms with Crippen LogP contribution in [0.15, 0.2) is 185 Å². The van der Waals surface area contributed by atoms with Crippen molar-refractivity contribution in [2.75, 3.05) is 0 Å². The first-order valence-electron chi connectivity index (χ1n) is 19.4. The summed E-state index contributed by atoms with van der Waals surface area (Å²) in [7, 11) is 0. The van der Waals surface area contributed by atoms with E-state index >= 15 is 0 Å². The van der Waals surface area contributed by atoms with E-state index in [-0.39, 0.29) is 0 Å². The fourth-order valence-electron chi connectivity index (χ4n) is 9.02. The number of fused-ring (bicyclic) bond motifs is 12. The van der Waals surface area contributed by atoms with Gasteiger partial charge in [-0.25, -0.2) is 4.98 Å². The van der Waals surface area contributed by atoms with Crippen molar-refractivity contribution in [1.82, 2.24) is 24.1 Å². The molecule has 7 heteroatoms. The van der Waals surface area contributed by atoms with Crippen LogP contribution >= 0.6 is 0 Å². The van der Waals surface area contributed by atoms with E-state index in [1.165, 1.54) is 10.8 Å². The van der Waals surface area contributed by atoms with E-state index in [4.69, 9.17) is 23.8 Å². The zero-order chi connectivity index (χ0) is 37.9. The average molecular weight is 744 g/mol. The molecule has 270 valence electrons. The van der Waals surface area contributed by atoms with Crippen molar-refractivity contribution in [3.05, 3.63) is 176 Å². The van der Waals surface area contributed by atoms with Crippen LogP contribution in [0.2, 0.25) is 0 Å². The first-order valence-corrected chi connectivity index (χ1v) is 19.4. The maximum Gasteiger partial charge on any atom is 0.238 e. The summed E-state index contributed by atoms with van der Waals surface area (Å²) in [6.07, 6.45) is 0. The Labute approximate surface area is 329 Å².